The molecule has 0 bridgehead atoms. The normalized spacial score (nSPS) is 25.4. The average Bonchev–Trinajstić information content (AvgIpc) is 3.11. The summed E-state index contributed by atoms with van der Waals surface area (Å²) in [5.74, 6) is -2.77. The van der Waals surface area contributed by atoms with Crippen molar-refractivity contribution in [3.05, 3.63) is 23.3 Å². The zero-order chi connectivity index (χ0) is 21.3. The van der Waals surface area contributed by atoms with Crippen LogP contribution in [0.25, 0.3) is 0 Å². The molecule has 0 aliphatic carbocycles. The van der Waals surface area contributed by atoms with Crippen LogP contribution in [0, 0.1) is 11.8 Å². The highest BCUT2D eigenvalue weighted by atomic mass is 16.5. The van der Waals surface area contributed by atoms with E-state index in [1.807, 2.05) is 11.0 Å². The van der Waals surface area contributed by atoms with E-state index in [0.29, 0.717) is 24.5 Å². The third-order valence-corrected chi connectivity index (χ3v) is 5.77. The molecule has 9 heteroatoms. The van der Waals surface area contributed by atoms with Crippen LogP contribution in [0.4, 0.5) is 0 Å². The van der Waals surface area contributed by atoms with E-state index in [9.17, 15) is 14.4 Å². The van der Waals surface area contributed by atoms with Gasteiger partial charge in [-0.15, -0.1) is 0 Å². The number of ether oxygens (including phenoxy) is 5. The van der Waals surface area contributed by atoms with E-state index in [1.165, 1.54) is 28.4 Å². The van der Waals surface area contributed by atoms with Gasteiger partial charge in [-0.05, 0) is 29.7 Å². The van der Waals surface area contributed by atoms with Gasteiger partial charge in [0.1, 0.15) is 6.04 Å². The van der Waals surface area contributed by atoms with Gasteiger partial charge in [0, 0.05) is 6.54 Å². The van der Waals surface area contributed by atoms with Crippen LogP contribution in [0.2, 0.25) is 0 Å². The molecule has 0 N–H and O–H groups in total. The lowest BCUT2D eigenvalue weighted by atomic mass is 9.82. The predicted molar refractivity (Wildman–Crippen MR) is 99.5 cm³/mol. The van der Waals surface area contributed by atoms with E-state index in [1.54, 1.807) is 13.2 Å². The summed E-state index contributed by atoms with van der Waals surface area (Å²) in [6, 6.07) is 2.12. The molecule has 0 unspecified atom stereocenters. The van der Waals surface area contributed by atoms with Crippen LogP contribution in [-0.2, 0) is 35.0 Å². The first-order valence-electron chi connectivity index (χ1n) is 9.17. The molecule has 158 valence electrons. The summed E-state index contributed by atoms with van der Waals surface area (Å²) >= 11 is 0. The van der Waals surface area contributed by atoms with Crippen molar-refractivity contribution in [2.24, 2.45) is 11.8 Å². The summed E-state index contributed by atoms with van der Waals surface area (Å²) in [4.78, 5) is 39.9. The largest absolute Gasteiger partial charge is 0.493 e. The number of nitrogens with zero attached hydrogens (tertiary/aromatic N) is 1. The van der Waals surface area contributed by atoms with Crippen molar-refractivity contribution < 1.29 is 38.1 Å². The molecule has 9 nitrogen and oxygen atoms in total. The molecule has 0 radical (unpaired) electrons. The van der Waals surface area contributed by atoms with Crippen molar-refractivity contribution >= 4 is 17.9 Å². The van der Waals surface area contributed by atoms with E-state index >= 15 is 0 Å². The molecular formula is C20H25NO8. The Kier molecular flexibility index (Phi) is 5.97. The van der Waals surface area contributed by atoms with Crippen molar-refractivity contribution in [1.82, 2.24) is 4.90 Å². The van der Waals surface area contributed by atoms with E-state index in [0.717, 1.165) is 11.1 Å². The zero-order valence-electron chi connectivity index (χ0n) is 17.1. The smallest absolute Gasteiger partial charge is 0.324 e. The number of hydrogen-bond donors (Lipinski definition) is 0. The maximum Gasteiger partial charge on any atom is 0.324 e. The second-order valence-electron chi connectivity index (χ2n) is 6.90. The summed E-state index contributed by atoms with van der Waals surface area (Å²) in [5, 5.41) is 0. The van der Waals surface area contributed by atoms with Crippen molar-refractivity contribution in [3.8, 4) is 11.5 Å². The Morgan fingerprint density at radius 3 is 1.93 bits per heavy atom. The van der Waals surface area contributed by atoms with Gasteiger partial charge in [0.2, 0.25) is 0 Å². The number of carbonyl (C=O) groups is 3. The maximum absolute atomic E-state index is 12.8. The van der Waals surface area contributed by atoms with Crippen molar-refractivity contribution in [2.75, 3.05) is 42.1 Å². The number of methoxy groups -OCH3 is 5. The number of carbonyl (C=O) groups excluding carboxylic acids is 3. The molecule has 0 aromatic heterocycles. The van der Waals surface area contributed by atoms with Gasteiger partial charge in [-0.25, -0.2) is 0 Å². The Bertz CT molecular complexity index is 823. The lowest BCUT2D eigenvalue weighted by molar-refractivity contribution is -0.160. The molecule has 0 amide bonds. The van der Waals surface area contributed by atoms with Gasteiger partial charge in [0.15, 0.2) is 11.5 Å². The molecule has 2 heterocycles. The average molecular weight is 407 g/mol. The quantitative estimate of drug-likeness (QED) is 0.517. The van der Waals surface area contributed by atoms with Crippen molar-refractivity contribution in [2.45, 2.75) is 18.5 Å². The molecule has 0 spiro atoms. The molecule has 2 aliphatic heterocycles. The second kappa shape index (κ2) is 8.28. The molecule has 1 saturated heterocycles. The Morgan fingerprint density at radius 1 is 0.828 bits per heavy atom. The Balaban J connectivity index is 2.20. The monoisotopic (exact) mass is 407 g/mol. The topological polar surface area (TPSA) is 101 Å². The van der Waals surface area contributed by atoms with E-state index in [-0.39, 0.29) is 0 Å². The first kappa shape index (κ1) is 20.9. The fourth-order valence-corrected chi connectivity index (χ4v) is 4.53. The number of esters is 3. The molecule has 4 atom stereocenters. The van der Waals surface area contributed by atoms with Crippen LogP contribution in [0.5, 0.6) is 11.5 Å². The van der Waals surface area contributed by atoms with Gasteiger partial charge in [0.25, 0.3) is 0 Å². The fourth-order valence-electron chi connectivity index (χ4n) is 4.53. The summed E-state index contributed by atoms with van der Waals surface area (Å²) in [7, 11) is 6.80. The van der Waals surface area contributed by atoms with E-state index in [2.05, 4.69) is 0 Å². The van der Waals surface area contributed by atoms with Gasteiger partial charge >= 0.3 is 17.9 Å². The summed E-state index contributed by atoms with van der Waals surface area (Å²) < 4.78 is 25.7. The number of fused-ring (bicyclic) bond motifs is 3. The second-order valence-corrected chi connectivity index (χ2v) is 6.90. The van der Waals surface area contributed by atoms with Gasteiger partial charge < -0.3 is 23.7 Å². The van der Waals surface area contributed by atoms with Crippen LogP contribution in [-0.4, -0.2) is 70.9 Å². The van der Waals surface area contributed by atoms with E-state index in [4.69, 9.17) is 23.7 Å². The Hall–Kier alpha value is -2.81. The minimum Gasteiger partial charge on any atom is -0.493 e. The maximum atomic E-state index is 12.8. The van der Waals surface area contributed by atoms with Crippen LogP contribution < -0.4 is 9.47 Å². The molecule has 29 heavy (non-hydrogen) atoms. The van der Waals surface area contributed by atoms with E-state index < -0.39 is 41.8 Å². The van der Waals surface area contributed by atoms with Crippen molar-refractivity contribution in [3.63, 3.8) is 0 Å². The highest BCUT2D eigenvalue weighted by Crippen LogP contribution is 2.51. The molecule has 1 aromatic carbocycles. The summed E-state index contributed by atoms with van der Waals surface area (Å²) in [5.41, 5.74) is 1.73. The summed E-state index contributed by atoms with van der Waals surface area (Å²) in [6.07, 6.45) is 0.599. The van der Waals surface area contributed by atoms with Gasteiger partial charge in [-0.2, -0.15) is 0 Å². The van der Waals surface area contributed by atoms with Crippen LogP contribution in [0.15, 0.2) is 12.1 Å². The minimum absolute atomic E-state index is 0.452. The van der Waals surface area contributed by atoms with Crippen molar-refractivity contribution in [1.29, 1.82) is 0 Å². The van der Waals surface area contributed by atoms with Gasteiger partial charge in [0.05, 0.1) is 53.4 Å². The summed E-state index contributed by atoms with van der Waals surface area (Å²) in [6.45, 7) is 0.452. The third-order valence-electron chi connectivity index (χ3n) is 5.77. The SMILES string of the molecule is COC(=O)[C@@H]1[C@H](C(=O)OC)[C@@H](C(=O)OC)N2CCc3cc(OC)c(OC)cc3[C@H]12. The van der Waals surface area contributed by atoms with Crippen LogP contribution >= 0.6 is 0 Å². The fraction of sp³-hybridized carbons (Fsp3) is 0.550. The Morgan fingerprint density at radius 2 is 1.38 bits per heavy atom. The lowest BCUT2D eigenvalue weighted by Crippen LogP contribution is -2.45. The molecular weight excluding hydrogens is 382 g/mol. The molecule has 0 saturated carbocycles. The third kappa shape index (κ3) is 3.29. The standard InChI is InChI=1S/C20H25NO8/c1-25-12-8-10-6-7-21-16(11(10)9-13(12)26-2)14(18(22)27-3)15(19(23)28-4)17(21)20(24)29-5/h8-9,14-17H,6-7H2,1-5H3/t14-,15+,16-,17+/m1/s1. The van der Waals surface area contributed by atoms with Crippen LogP contribution in [0.1, 0.15) is 17.2 Å². The van der Waals surface area contributed by atoms with Crippen LogP contribution in [0.3, 0.4) is 0 Å². The highest BCUT2D eigenvalue weighted by Gasteiger charge is 2.60. The number of benzene rings is 1. The Labute approximate surface area is 168 Å². The first-order chi connectivity index (χ1) is 13.9. The molecule has 1 aromatic rings. The number of rotatable bonds is 5. The molecule has 1 fully saturated rings. The first-order valence-corrected chi connectivity index (χ1v) is 9.17. The lowest BCUT2D eigenvalue weighted by Gasteiger charge is -2.36. The van der Waals surface area contributed by atoms with Gasteiger partial charge in [-0.1, -0.05) is 0 Å². The van der Waals surface area contributed by atoms with Gasteiger partial charge in [-0.3, -0.25) is 19.3 Å². The minimum atomic E-state index is -1.05. The predicted octanol–water partition coefficient (Wildman–Crippen LogP) is 0.737. The number of hydrogen-bond acceptors (Lipinski definition) is 9. The zero-order valence-corrected chi connectivity index (χ0v) is 17.1. The molecule has 3 rings (SSSR count). The molecule has 2 aliphatic rings. The highest BCUT2D eigenvalue weighted by molar-refractivity contribution is 5.91.